The fourth-order valence-electron chi connectivity index (χ4n) is 7.30. The number of fused-ring (bicyclic) bond motifs is 3. The number of piperazine rings is 1. The molecule has 2 fully saturated rings. The zero-order chi connectivity index (χ0) is 34.0. The van der Waals surface area contributed by atoms with Crippen LogP contribution in [0.25, 0.3) is 11.0 Å². The van der Waals surface area contributed by atoms with Crippen LogP contribution < -0.4 is 14.4 Å². The van der Waals surface area contributed by atoms with E-state index in [-0.39, 0.29) is 23.2 Å². The topological polar surface area (TPSA) is 107 Å². The number of carbonyl (C=O) groups is 1. The van der Waals surface area contributed by atoms with Gasteiger partial charge in [-0.3, -0.25) is 4.90 Å². The second-order valence-corrected chi connectivity index (χ2v) is 13.5. The summed E-state index contributed by atoms with van der Waals surface area (Å²) in [6.45, 7) is 7.73. The minimum absolute atomic E-state index is 0.00315. The number of imidazole rings is 2. The van der Waals surface area contributed by atoms with Gasteiger partial charge in [0.1, 0.15) is 23.0 Å². The van der Waals surface area contributed by atoms with Crippen molar-refractivity contribution in [2.24, 2.45) is 0 Å². The van der Waals surface area contributed by atoms with Gasteiger partial charge in [0.25, 0.3) is 5.79 Å². The molecule has 3 atom stereocenters. The number of halogens is 3. The highest BCUT2D eigenvalue weighted by atomic mass is 35.5. The van der Waals surface area contributed by atoms with E-state index in [2.05, 4.69) is 19.4 Å². The third kappa shape index (κ3) is 5.56. The Hall–Kier alpha value is -4.36. The number of benzene rings is 3. The van der Waals surface area contributed by atoms with Gasteiger partial charge in [0, 0.05) is 50.5 Å². The van der Waals surface area contributed by atoms with Gasteiger partial charge in [-0.2, -0.15) is 0 Å². The second kappa shape index (κ2) is 12.2. The Morgan fingerprint density at radius 1 is 1.08 bits per heavy atom. The van der Waals surface area contributed by atoms with Crippen LogP contribution in [0.1, 0.15) is 34.5 Å². The largest absolute Gasteiger partial charge is 0.478 e. The third-order valence-electron chi connectivity index (χ3n) is 9.77. The van der Waals surface area contributed by atoms with Gasteiger partial charge < -0.3 is 33.4 Å². The fourth-order valence-corrected chi connectivity index (χ4v) is 7.72. The molecule has 3 aromatic carbocycles. The highest BCUT2D eigenvalue weighted by molar-refractivity contribution is 6.35. The van der Waals surface area contributed by atoms with E-state index < -0.39 is 17.6 Å². The number of carboxylic acids is 1. The minimum Gasteiger partial charge on any atom is -0.478 e. The Morgan fingerprint density at radius 2 is 1.92 bits per heavy atom. The SMILES string of the molecule is Cc1nccn1CCn1c(CN2CCN(c3cccc4c3O[C@](C)(c3ccc(Cl)cc3F)O4)[C@H]3COC[C@H]32)nc2c(Cl)cc(C(=O)O)cc21. The standard InChI is InChI=1S/C35H33Cl2FN6O5/c1-20-39-8-9-41(20)10-13-44-27-15-21(34(45)46)14-24(37)32(27)40-31(44)17-42-11-12-43(29-19-47-18-28(29)42)26-4-3-5-30-33(26)49-35(2,48-30)23-7-6-22(36)16-25(23)38/h3-9,14-16,28-29H,10-13,17-19H2,1-2H3,(H,45,46)/t28-,29+,35-/m1/s1. The molecule has 3 aliphatic rings. The zero-order valence-corrected chi connectivity index (χ0v) is 28.3. The predicted molar refractivity (Wildman–Crippen MR) is 181 cm³/mol. The maximum absolute atomic E-state index is 15.0. The molecule has 0 radical (unpaired) electrons. The monoisotopic (exact) mass is 706 g/mol. The molecule has 254 valence electrons. The van der Waals surface area contributed by atoms with Crippen molar-refractivity contribution in [3.63, 3.8) is 0 Å². The summed E-state index contributed by atoms with van der Waals surface area (Å²) in [7, 11) is 0. The summed E-state index contributed by atoms with van der Waals surface area (Å²) in [5.74, 6) is -0.158. The summed E-state index contributed by atoms with van der Waals surface area (Å²) >= 11 is 12.6. The van der Waals surface area contributed by atoms with E-state index in [9.17, 15) is 9.90 Å². The molecule has 5 aromatic rings. The van der Waals surface area contributed by atoms with Crippen molar-refractivity contribution in [1.82, 2.24) is 24.0 Å². The number of aryl methyl sites for hydroxylation is 3. The fraction of sp³-hybridized carbons (Fsp3) is 0.343. The summed E-state index contributed by atoms with van der Waals surface area (Å²) < 4.78 is 37.9. The van der Waals surface area contributed by atoms with Crippen LogP contribution in [0.5, 0.6) is 11.5 Å². The van der Waals surface area contributed by atoms with E-state index >= 15 is 4.39 Å². The number of carboxylic acid groups (broad SMARTS) is 1. The maximum Gasteiger partial charge on any atom is 0.335 e. The van der Waals surface area contributed by atoms with E-state index in [4.69, 9.17) is 42.4 Å². The number of hydrogen-bond donors (Lipinski definition) is 1. The van der Waals surface area contributed by atoms with Gasteiger partial charge >= 0.3 is 5.97 Å². The molecule has 0 spiro atoms. The number of aromatic nitrogens is 4. The average molecular weight is 708 g/mol. The lowest BCUT2D eigenvalue weighted by molar-refractivity contribution is -0.0705. The predicted octanol–water partition coefficient (Wildman–Crippen LogP) is 6.12. The molecule has 3 aliphatic heterocycles. The Bertz CT molecular complexity index is 2100. The molecular formula is C35H33Cl2FN6O5. The summed E-state index contributed by atoms with van der Waals surface area (Å²) in [6, 6.07) is 13.3. The summed E-state index contributed by atoms with van der Waals surface area (Å²) in [5.41, 5.74) is 2.46. The van der Waals surface area contributed by atoms with Crippen molar-refractivity contribution in [2.75, 3.05) is 31.2 Å². The highest BCUT2D eigenvalue weighted by Gasteiger charge is 2.46. The number of ether oxygens (including phenoxy) is 3. The lowest BCUT2D eigenvalue weighted by Crippen LogP contribution is -2.59. The number of aromatic carboxylic acids is 1. The Morgan fingerprint density at radius 3 is 2.69 bits per heavy atom. The molecule has 0 aliphatic carbocycles. The maximum atomic E-state index is 15.0. The van der Waals surface area contributed by atoms with Gasteiger partial charge in [0.05, 0.1) is 59.2 Å². The average Bonchev–Trinajstić information content (AvgIpc) is 3.85. The van der Waals surface area contributed by atoms with Crippen LogP contribution in [0.3, 0.4) is 0 Å². The van der Waals surface area contributed by atoms with Gasteiger partial charge in [-0.1, -0.05) is 29.3 Å². The third-order valence-corrected chi connectivity index (χ3v) is 10.3. The van der Waals surface area contributed by atoms with Crippen LogP contribution in [0.2, 0.25) is 10.0 Å². The molecule has 2 aromatic heterocycles. The van der Waals surface area contributed by atoms with Crippen molar-refractivity contribution in [3.05, 3.63) is 99.6 Å². The molecule has 49 heavy (non-hydrogen) atoms. The van der Waals surface area contributed by atoms with Crippen molar-refractivity contribution in [1.29, 1.82) is 0 Å². The molecule has 0 bridgehead atoms. The van der Waals surface area contributed by atoms with Crippen LogP contribution in [-0.4, -0.2) is 73.5 Å². The second-order valence-electron chi connectivity index (χ2n) is 12.7. The van der Waals surface area contributed by atoms with Gasteiger partial charge in [-0.25, -0.2) is 19.2 Å². The molecular weight excluding hydrogens is 674 g/mol. The van der Waals surface area contributed by atoms with Crippen molar-refractivity contribution in [2.45, 2.75) is 51.4 Å². The van der Waals surface area contributed by atoms with E-state index in [0.717, 1.165) is 17.3 Å². The lowest BCUT2D eigenvalue weighted by Gasteiger charge is -2.44. The minimum atomic E-state index is -1.36. The molecule has 0 saturated carbocycles. The van der Waals surface area contributed by atoms with Gasteiger partial charge in [-0.15, -0.1) is 0 Å². The number of hydrogen-bond acceptors (Lipinski definition) is 8. The first-order valence-corrected chi connectivity index (χ1v) is 16.8. The van der Waals surface area contributed by atoms with Gasteiger partial charge in [-0.05, 0) is 49.4 Å². The molecule has 14 heteroatoms. The Kier molecular flexibility index (Phi) is 7.94. The van der Waals surface area contributed by atoms with Gasteiger partial charge in [0.15, 0.2) is 11.5 Å². The first-order chi connectivity index (χ1) is 23.6. The first-order valence-electron chi connectivity index (χ1n) is 16.0. The quantitative estimate of drug-likeness (QED) is 0.204. The normalized spacial score (nSPS) is 21.9. The summed E-state index contributed by atoms with van der Waals surface area (Å²) in [6.07, 6.45) is 3.68. The summed E-state index contributed by atoms with van der Waals surface area (Å²) in [5, 5.41) is 10.4. The number of rotatable bonds is 8. The molecule has 0 amide bonds. The highest BCUT2D eigenvalue weighted by Crippen LogP contribution is 2.51. The molecule has 1 N–H and O–H groups in total. The Balaban J connectivity index is 1.08. The van der Waals surface area contributed by atoms with Crippen LogP contribution in [-0.2, 0) is 30.2 Å². The van der Waals surface area contributed by atoms with Crippen molar-refractivity contribution < 1.29 is 28.5 Å². The number of anilines is 1. The van der Waals surface area contributed by atoms with E-state index in [0.29, 0.717) is 78.5 Å². The molecule has 8 rings (SSSR count). The Labute approximate surface area is 291 Å². The van der Waals surface area contributed by atoms with E-state index in [1.165, 1.54) is 12.1 Å². The van der Waals surface area contributed by atoms with E-state index in [1.54, 1.807) is 31.3 Å². The lowest BCUT2D eigenvalue weighted by atomic mass is 10.0. The smallest absolute Gasteiger partial charge is 0.335 e. The van der Waals surface area contributed by atoms with Crippen molar-refractivity contribution in [3.8, 4) is 11.5 Å². The number of nitrogens with zero attached hydrogens (tertiary/aromatic N) is 6. The van der Waals surface area contributed by atoms with Crippen molar-refractivity contribution >= 4 is 45.9 Å². The molecule has 11 nitrogen and oxygen atoms in total. The summed E-state index contributed by atoms with van der Waals surface area (Å²) in [4.78, 5) is 25.9. The van der Waals surface area contributed by atoms with Crippen LogP contribution in [0.15, 0.2) is 60.9 Å². The number of para-hydroxylation sites is 1. The molecule has 0 unspecified atom stereocenters. The van der Waals surface area contributed by atoms with Crippen LogP contribution in [0, 0.1) is 12.7 Å². The zero-order valence-electron chi connectivity index (χ0n) is 26.8. The van der Waals surface area contributed by atoms with Crippen LogP contribution >= 0.6 is 23.2 Å². The molecule has 2 saturated heterocycles. The first kappa shape index (κ1) is 31.9. The van der Waals surface area contributed by atoms with Gasteiger partial charge in [0.2, 0.25) is 0 Å². The molecule has 5 heterocycles. The van der Waals surface area contributed by atoms with E-state index in [1.807, 2.05) is 35.9 Å². The van der Waals surface area contributed by atoms with Crippen LogP contribution in [0.4, 0.5) is 10.1 Å².